The standard InChI is InChI=1S/C21H17N3O5S/c1-28-17-6-3-2-5-16(17)23-19(25)20(26)24-22-13-14-8-10-15(11-9-14)29-21(27)18-7-4-12-30-18/h2-13H,1H3,(H,23,25)(H,24,26). The van der Waals surface area contributed by atoms with Gasteiger partial charge in [-0.15, -0.1) is 11.3 Å². The molecule has 0 aliphatic heterocycles. The molecule has 0 saturated carbocycles. The number of anilines is 1. The van der Waals surface area contributed by atoms with Crippen molar-refractivity contribution in [2.45, 2.75) is 0 Å². The van der Waals surface area contributed by atoms with Crippen molar-refractivity contribution in [1.29, 1.82) is 0 Å². The number of nitrogens with one attached hydrogen (secondary N) is 2. The third-order valence-corrected chi connectivity index (χ3v) is 4.60. The number of hydrogen-bond acceptors (Lipinski definition) is 7. The normalized spacial score (nSPS) is 10.4. The molecule has 0 atom stereocenters. The smallest absolute Gasteiger partial charge is 0.353 e. The minimum atomic E-state index is -0.932. The summed E-state index contributed by atoms with van der Waals surface area (Å²) in [5.41, 5.74) is 3.16. The molecule has 0 saturated heterocycles. The second kappa shape index (κ2) is 9.99. The second-order valence-corrected chi connectivity index (χ2v) is 6.74. The van der Waals surface area contributed by atoms with Crippen LogP contribution in [0.3, 0.4) is 0 Å². The predicted molar refractivity (Wildman–Crippen MR) is 113 cm³/mol. The molecule has 0 aliphatic carbocycles. The molecule has 152 valence electrons. The first-order valence-electron chi connectivity index (χ1n) is 8.70. The number of ether oxygens (including phenoxy) is 2. The molecule has 9 heteroatoms. The number of benzene rings is 2. The van der Waals surface area contributed by atoms with Gasteiger partial charge >= 0.3 is 17.8 Å². The highest BCUT2D eigenvalue weighted by Crippen LogP contribution is 2.22. The van der Waals surface area contributed by atoms with E-state index in [9.17, 15) is 14.4 Å². The van der Waals surface area contributed by atoms with Gasteiger partial charge in [-0.2, -0.15) is 5.10 Å². The molecule has 30 heavy (non-hydrogen) atoms. The number of methoxy groups -OCH3 is 1. The minimum absolute atomic E-state index is 0.372. The molecule has 1 aromatic heterocycles. The highest BCUT2D eigenvalue weighted by atomic mass is 32.1. The molecule has 1 heterocycles. The molecule has 3 aromatic rings. The summed E-state index contributed by atoms with van der Waals surface area (Å²) in [7, 11) is 1.46. The summed E-state index contributed by atoms with van der Waals surface area (Å²) in [6.07, 6.45) is 1.36. The van der Waals surface area contributed by atoms with Gasteiger partial charge in [0, 0.05) is 0 Å². The molecule has 0 bridgehead atoms. The van der Waals surface area contributed by atoms with E-state index in [4.69, 9.17) is 9.47 Å². The van der Waals surface area contributed by atoms with Gasteiger partial charge in [0.15, 0.2) is 0 Å². The first-order chi connectivity index (χ1) is 14.6. The van der Waals surface area contributed by atoms with Gasteiger partial charge in [0.2, 0.25) is 0 Å². The maximum Gasteiger partial charge on any atom is 0.353 e. The summed E-state index contributed by atoms with van der Waals surface area (Å²) >= 11 is 1.30. The van der Waals surface area contributed by atoms with Crippen molar-refractivity contribution < 1.29 is 23.9 Å². The molecule has 2 amide bonds. The first-order valence-corrected chi connectivity index (χ1v) is 9.58. The van der Waals surface area contributed by atoms with E-state index in [2.05, 4.69) is 15.8 Å². The Balaban J connectivity index is 1.51. The topological polar surface area (TPSA) is 106 Å². The molecule has 8 nitrogen and oxygen atoms in total. The number of para-hydroxylation sites is 2. The number of esters is 1. The lowest BCUT2D eigenvalue weighted by molar-refractivity contribution is -0.136. The maximum atomic E-state index is 12.0. The van der Waals surface area contributed by atoms with E-state index in [1.807, 2.05) is 0 Å². The number of rotatable bonds is 6. The van der Waals surface area contributed by atoms with Crippen molar-refractivity contribution in [1.82, 2.24) is 5.43 Å². The number of carbonyl (C=O) groups is 3. The van der Waals surface area contributed by atoms with Crippen LogP contribution in [0.2, 0.25) is 0 Å². The second-order valence-electron chi connectivity index (χ2n) is 5.79. The monoisotopic (exact) mass is 423 g/mol. The third-order valence-electron chi connectivity index (χ3n) is 3.75. The quantitative estimate of drug-likeness (QED) is 0.208. The van der Waals surface area contributed by atoms with Gasteiger partial charge in [0.1, 0.15) is 16.4 Å². The number of nitrogens with zero attached hydrogens (tertiary/aromatic N) is 1. The summed E-state index contributed by atoms with van der Waals surface area (Å²) in [5, 5.41) is 8.00. The lowest BCUT2D eigenvalue weighted by atomic mass is 10.2. The summed E-state index contributed by atoms with van der Waals surface area (Å²) in [4.78, 5) is 36.3. The Morgan fingerprint density at radius 2 is 1.73 bits per heavy atom. The lowest BCUT2D eigenvalue weighted by Crippen LogP contribution is -2.32. The average Bonchev–Trinajstić information content (AvgIpc) is 3.30. The molecule has 3 rings (SSSR count). The number of hydrazone groups is 1. The fourth-order valence-corrected chi connectivity index (χ4v) is 2.92. The van der Waals surface area contributed by atoms with Crippen LogP contribution in [0.4, 0.5) is 5.69 Å². The van der Waals surface area contributed by atoms with E-state index in [1.54, 1.807) is 66.0 Å². The summed E-state index contributed by atoms with van der Waals surface area (Å²) in [5.74, 6) is -1.43. The van der Waals surface area contributed by atoms with E-state index < -0.39 is 17.8 Å². The fourth-order valence-electron chi connectivity index (χ4n) is 2.32. The van der Waals surface area contributed by atoms with Gasteiger partial charge in [0.05, 0.1) is 19.0 Å². The van der Waals surface area contributed by atoms with Crippen molar-refractivity contribution in [3.8, 4) is 11.5 Å². The highest BCUT2D eigenvalue weighted by molar-refractivity contribution is 7.12. The van der Waals surface area contributed by atoms with Crippen LogP contribution in [0.25, 0.3) is 0 Å². The van der Waals surface area contributed by atoms with E-state index in [0.29, 0.717) is 27.6 Å². The molecule has 2 aromatic carbocycles. The van der Waals surface area contributed by atoms with Crippen LogP contribution in [-0.2, 0) is 9.59 Å². The Morgan fingerprint density at radius 3 is 2.43 bits per heavy atom. The van der Waals surface area contributed by atoms with Gasteiger partial charge < -0.3 is 14.8 Å². The Bertz CT molecular complexity index is 1060. The average molecular weight is 423 g/mol. The van der Waals surface area contributed by atoms with Gasteiger partial charge in [-0.3, -0.25) is 9.59 Å². The van der Waals surface area contributed by atoms with Crippen molar-refractivity contribution in [2.24, 2.45) is 5.10 Å². The fraction of sp³-hybridized carbons (Fsp3) is 0.0476. The molecule has 0 radical (unpaired) electrons. The Kier molecular flexibility index (Phi) is 6.91. The Morgan fingerprint density at radius 1 is 0.967 bits per heavy atom. The number of thiophene rings is 1. The van der Waals surface area contributed by atoms with Crippen molar-refractivity contribution in [3.05, 3.63) is 76.5 Å². The lowest BCUT2D eigenvalue weighted by Gasteiger charge is -2.08. The Hall–Kier alpha value is -3.98. The van der Waals surface area contributed by atoms with Crippen LogP contribution in [0.5, 0.6) is 11.5 Å². The molecular weight excluding hydrogens is 406 g/mol. The van der Waals surface area contributed by atoms with Crippen LogP contribution < -0.4 is 20.2 Å². The van der Waals surface area contributed by atoms with Crippen LogP contribution in [0.1, 0.15) is 15.2 Å². The molecule has 2 N–H and O–H groups in total. The van der Waals surface area contributed by atoms with Crippen molar-refractivity contribution in [3.63, 3.8) is 0 Å². The zero-order chi connectivity index (χ0) is 21.3. The summed E-state index contributed by atoms with van der Waals surface area (Å²) < 4.78 is 10.4. The van der Waals surface area contributed by atoms with Gasteiger partial charge in [-0.05, 0) is 53.4 Å². The number of carbonyl (C=O) groups excluding carboxylic acids is 3. The van der Waals surface area contributed by atoms with Crippen LogP contribution in [-0.4, -0.2) is 31.1 Å². The van der Waals surface area contributed by atoms with E-state index in [1.165, 1.54) is 24.7 Å². The van der Waals surface area contributed by atoms with E-state index in [-0.39, 0.29) is 0 Å². The molecule has 0 spiro atoms. The zero-order valence-corrected chi connectivity index (χ0v) is 16.6. The number of hydrogen-bond donors (Lipinski definition) is 2. The van der Waals surface area contributed by atoms with Gasteiger partial charge in [-0.1, -0.05) is 18.2 Å². The summed E-state index contributed by atoms with van der Waals surface area (Å²) in [6, 6.07) is 16.7. The largest absolute Gasteiger partial charge is 0.495 e. The maximum absolute atomic E-state index is 12.0. The molecular formula is C21H17N3O5S. The molecule has 0 unspecified atom stereocenters. The van der Waals surface area contributed by atoms with Gasteiger partial charge in [-0.25, -0.2) is 10.2 Å². The Labute approximate surface area is 176 Å². The zero-order valence-electron chi connectivity index (χ0n) is 15.8. The van der Waals surface area contributed by atoms with Crippen LogP contribution >= 0.6 is 11.3 Å². The molecule has 0 aliphatic rings. The van der Waals surface area contributed by atoms with Crippen molar-refractivity contribution in [2.75, 3.05) is 12.4 Å². The van der Waals surface area contributed by atoms with E-state index in [0.717, 1.165) is 0 Å². The van der Waals surface area contributed by atoms with Crippen molar-refractivity contribution >= 4 is 41.0 Å². The number of amides is 2. The van der Waals surface area contributed by atoms with Crippen LogP contribution in [0.15, 0.2) is 71.1 Å². The predicted octanol–water partition coefficient (Wildman–Crippen LogP) is 3.06. The molecule has 0 fully saturated rings. The summed E-state index contributed by atoms with van der Waals surface area (Å²) in [6.45, 7) is 0. The highest BCUT2D eigenvalue weighted by Gasteiger charge is 2.15. The third kappa shape index (κ3) is 5.52. The first kappa shape index (κ1) is 20.7. The van der Waals surface area contributed by atoms with E-state index >= 15 is 0 Å². The van der Waals surface area contributed by atoms with Gasteiger partial charge in [0.25, 0.3) is 0 Å². The SMILES string of the molecule is COc1ccccc1NC(=O)C(=O)NN=Cc1ccc(OC(=O)c2cccs2)cc1. The minimum Gasteiger partial charge on any atom is -0.495 e. The van der Waals surface area contributed by atoms with Crippen LogP contribution in [0, 0.1) is 0 Å².